The Kier molecular flexibility index (Phi) is 5.53. The van der Waals surface area contributed by atoms with Crippen LogP contribution >= 0.6 is 0 Å². The number of carbonyl (C=O) groups is 1. The van der Waals surface area contributed by atoms with Gasteiger partial charge in [0.1, 0.15) is 0 Å². The van der Waals surface area contributed by atoms with Crippen molar-refractivity contribution in [3.8, 4) is 0 Å². The molecule has 17 heavy (non-hydrogen) atoms. The molecule has 3 nitrogen and oxygen atoms in total. The van der Waals surface area contributed by atoms with Crippen molar-refractivity contribution >= 4 is 6.03 Å². The van der Waals surface area contributed by atoms with Crippen molar-refractivity contribution in [2.75, 3.05) is 19.6 Å². The number of urea groups is 1. The maximum absolute atomic E-state index is 11.7. The lowest BCUT2D eigenvalue weighted by atomic mass is 10.1. The molecule has 0 aliphatic carbocycles. The van der Waals surface area contributed by atoms with Crippen LogP contribution in [0.25, 0.3) is 0 Å². The van der Waals surface area contributed by atoms with Crippen LogP contribution in [0.2, 0.25) is 0 Å². The smallest absolute Gasteiger partial charge is 0.317 e. The molecule has 0 saturated carbocycles. The predicted molar refractivity (Wildman–Crippen MR) is 71.2 cm³/mol. The number of hydrogen-bond acceptors (Lipinski definition) is 1. The number of nitrogens with zero attached hydrogens (tertiary/aromatic N) is 1. The van der Waals surface area contributed by atoms with Gasteiger partial charge < -0.3 is 10.2 Å². The third-order valence-electron chi connectivity index (χ3n) is 2.82. The molecule has 0 fully saturated rings. The summed E-state index contributed by atoms with van der Waals surface area (Å²) in [5.74, 6) is 0. The van der Waals surface area contributed by atoms with Crippen LogP contribution in [-0.4, -0.2) is 30.6 Å². The van der Waals surface area contributed by atoms with Crippen molar-refractivity contribution < 1.29 is 4.79 Å². The minimum absolute atomic E-state index is 0.0302. The first-order valence-electron chi connectivity index (χ1n) is 6.25. The predicted octanol–water partition coefficient (Wildman–Crippen LogP) is 2.59. The van der Waals surface area contributed by atoms with Crippen molar-refractivity contribution in [1.82, 2.24) is 10.2 Å². The third kappa shape index (κ3) is 4.47. The molecule has 2 amide bonds. The largest absolute Gasteiger partial charge is 0.338 e. The SMILES string of the molecule is CCN(CC)C(=O)NCCc1cccc(C)c1. The number of benzene rings is 1. The van der Waals surface area contributed by atoms with Crippen LogP contribution in [0.15, 0.2) is 24.3 Å². The second kappa shape index (κ2) is 6.94. The summed E-state index contributed by atoms with van der Waals surface area (Å²) in [6.07, 6.45) is 0.884. The highest BCUT2D eigenvalue weighted by Gasteiger charge is 2.07. The Bertz CT molecular complexity index is 359. The monoisotopic (exact) mass is 234 g/mol. The average molecular weight is 234 g/mol. The number of nitrogens with one attached hydrogen (secondary N) is 1. The molecule has 0 aromatic heterocycles. The molecule has 1 rings (SSSR count). The van der Waals surface area contributed by atoms with E-state index >= 15 is 0 Å². The van der Waals surface area contributed by atoms with Crippen molar-refractivity contribution in [2.45, 2.75) is 27.2 Å². The molecule has 94 valence electrons. The zero-order chi connectivity index (χ0) is 12.7. The number of carbonyl (C=O) groups excluding carboxylic acids is 1. The minimum atomic E-state index is 0.0302. The first kappa shape index (κ1) is 13.6. The lowest BCUT2D eigenvalue weighted by molar-refractivity contribution is 0.203. The van der Waals surface area contributed by atoms with E-state index in [9.17, 15) is 4.79 Å². The molecule has 3 heteroatoms. The van der Waals surface area contributed by atoms with E-state index in [0.29, 0.717) is 6.54 Å². The highest BCUT2D eigenvalue weighted by Crippen LogP contribution is 2.03. The van der Waals surface area contributed by atoms with Crippen molar-refractivity contribution in [1.29, 1.82) is 0 Å². The van der Waals surface area contributed by atoms with Gasteiger partial charge in [-0.2, -0.15) is 0 Å². The lowest BCUT2D eigenvalue weighted by Gasteiger charge is -2.19. The molecule has 0 radical (unpaired) electrons. The first-order chi connectivity index (χ1) is 8.17. The van der Waals surface area contributed by atoms with Gasteiger partial charge in [0, 0.05) is 19.6 Å². The summed E-state index contributed by atoms with van der Waals surface area (Å²) in [5, 5.41) is 2.94. The van der Waals surface area contributed by atoms with Gasteiger partial charge in [0.05, 0.1) is 0 Å². The highest BCUT2D eigenvalue weighted by molar-refractivity contribution is 5.74. The van der Waals surface area contributed by atoms with Gasteiger partial charge in [-0.15, -0.1) is 0 Å². The minimum Gasteiger partial charge on any atom is -0.338 e. The van der Waals surface area contributed by atoms with Gasteiger partial charge in [-0.05, 0) is 32.8 Å². The molecule has 1 aromatic carbocycles. The summed E-state index contributed by atoms with van der Waals surface area (Å²) in [6, 6.07) is 8.41. The summed E-state index contributed by atoms with van der Waals surface area (Å²) in [4.78, 5) is 13.5. The average Bonchev–Trinajstić information content (AvgIpc) is 2.30. The van der Waals surface area contributed by atoms with Gasteiger partial charge in [0.15, 0.2) is 0 Å². The Morgan fingerprint density at radius 2 is 2.00 bits per heavy atom. The Morgan fingerprint density at radius 3 is 2.59 bits per heavy atom. The van der Waals surface area contributed by atoms with Gasteiger partial charge in [0.2, 0.25) is 0 Å². The molecule has 1 aromatic rings. The van der Waals surface area contributed by atoms with E-state index < -0.39 is 0 Å². The fourth-order valence-corrected chi connectivity index (χ4v) is 1.80. The fraction of sp³-hybridized carbons (Fsp3) is 0.500. The first-order valence-corrected chi connectivity index (χ1v) is 6.25. The molecule has 1 N–H and O–H groups in total. The van der Waals surface area contributed by atoms with Crippen molar-refractivity contribution in [3.05, 3.63) is 35.4 Å². The molecule has 0 spiro atoms. The molecule has 0 aliphatic rings. The van der Waals surface area contributed by atoms with E-state index in [2.05, 4.69) is 36.5 Å². The van der Waals surface area contributed by atoms with Crippen LogP contribution < -0.4 is 5.32 Å². The molecule has 0 atom stereocenters. The Hall–Kier alpha value is -1.51. The zero-order valence-electron chi connectivity index (χ0n) is 11.0. The van der Waals surface area contributed by atoms with Gasteiger partial charge in [-0.25, -0.2) is 4.79 Å². The molecule has 0 unspecified atom stereocenters. The maximum Gasteiger partial charge on any atom is 0.317 e. The molecule has 0 saturated heterocycles. The van der Waals surface area contributed by atoms with E-state index in [1.54, 1.807) is 4.90 Å². The van der Waals surface area contributed by atoms with Crippen molar-refractivity contribution in [2.24, 2.45) is 0 Å². The van der Waals surface area contributed by atoms with Crippen LogP contribution in [0.4, 0.5) is 4.79 Å². The van der Waals surface area contributed by atoms with E-state index in [1.807, 2.05) is 13.8 Å². The lowest BCUT2D eigenvalue weighted by Crippen LogP contribution is -2.40. The summed E-state index contributed by atoms with van der Waals surface area (Å²) >= 11 is 0. The maximum atomic E-state index is 11.7. The third-order valence-corrected chi connectivity index (χ3v) is 2.82. The Balaban J connectivity index is 2.35. The highest BCUT2D eigenvalue weighted by atomic mass is 16.2. The standard InChI is InChI=1S/C14H22N2O/c1-4-16(5-2)14(17)15-10-9-13-8-6-7-12(3)11-13/h6-8,11H,4-5,9-10H2,1-3H3,(H,15,17). The molecular formula is C14H22N2O. The molecule has 0 aliphatic heterocycles. The van der Waals surface area contributed by atoms with E-state index in [-0.39, 0.29) is 6.03 Å². The second-order valence-electron chi connectivity index (χ2n) is 4.14. The summed E-state index contributed by atoms with van der Waals surface area (Å²) in [6.45, 7) is 8.27. The summed E-state index contributed by atoms with van der Waals surface area (Å²) < 4.78 is 0. The quantitative estimate of drug-likeness (QED) is 0.834. The number of aryl methyl sites for hydroxylation is 1. The van der Waals surface area contributed by atoms with Crippen molar-refractivity contribution in [3.63, 3.8) is 0 Å². The number of hydrogen-bond donors (Lipinski definition) is 1. The topological polar surface area (TPSA) is 32.3 Å². The Morgan fingerprint density at radius 1 is 1.29 bits per heavy atom. The Labute approximate surface area is 104 Å². The molecule has 0 heterocycles. The van der Waals surface area contributed by atoms with Crippen LogP contribution in [0.5, 0.6) is 0 Å². The number of amides is 2. The fourth-order valence-electron chi connectivity index (χ4n) is 1.80. The van der Waals surface area contributed by atoms with E-state index in [4.69, 9.17) is 0 Å². The van der Waals surface area contributed by atoms with Gasteiger partial charge >= 0.3 is 6.03 Å². The van der Waals surface area contributed by atoms with E-state index in [1.165, 1.54) is 11.1 Å². The summed E-state index contributed by atoms with van der Waals surface area (Å²) in [5.41, 5.74) is 2.53. The molecular weight excluding hydrogens is 212 g/mol. The van der Waals surface area contributed by atoms with Crippen LogP contribution in [0.3, 0.4) is 0 Å². The van der Waals surface area contributed by atoms with Gasteiger partial charge in [0.25, 0.3) is 0 Å². The zero-order valence-corrected chi connectivity index (χ0v) is 11.0. The van der Waals surface area contributed by atoms with Gasteiger partial charge in [-0.3, -0.25) is 0 Å². The molecule has 0 bridgehead atoms. The van der Waals surface area contributed by atoms with Crippen LogP contribution in [0, 0.1) is 6.92 Å². The van der Waals surface area contributed by atoms with E-state index in [0.717, 1.165) is 19.5 Å². The number of rotatable bonds is 5. The normalized spacial score (nSPS) is 10.1. The summed E-state index contributed by atoms with van der Waals surface area (Å²) in [7, 11) is 0. The van der Waals surface area contributed by atoms with Gasteiger partial charge in [-0.1, -0.05) is 29.8 Å². The van der Waals surface area contributed by atoms with Crippen LogP contribution in [-0.2, 0) is 6.42 Å². The second-order valence-corrected chi connectivity index (χ2v) is 4.14. The van der Waals surface area contributed by atoms with Crippen LogP contribution in [0.1, 0.15) is 25.0 Å².